The van der Waals surface area contributed by atoms with Gasteiger partial charge in [0.05, 0.1) is 24.5 Å². The maximum Gasteiger partial charge on any atom is 0.240 e. The second-order valence-electron chi connectivity index (χ2n) is 6.10. The summed E-state index contributed by atoms with van der Waals surface area (Å²) in [7, 11) is -3.36. The van der Waals surface area contributed by atoms with Crippen molar-refractivity contribution in [3.8, 4) is 0 Å². The van der Waals surface area contributed by atoms with Gasteiger partial charge in [-0.2, -0.15) is 0 Å². The first-order valence-corrected chi connectivity index (χ1v) is 10.00. The molecule has 0 saturated carbocycles. The molecule has 0 bridgehead atoms. The minimum Gasteiger partial charge on any atom is -0.335 e. The van der Waals surface area contributed by atoms with E-state index in [9.17, 15) is 8.42 Å². The largest absolute Gasteiger partial charge is 0.335 e. The molecule has 2 rings (SSSR count). The van der Waals surface area contributed by atoms with Crippen molar-refractivity contribution in [2.75, 3.05) is 26.2 Å². The van der Waals surface area contributed by atoms with E-state index in [0.717, 1.165) is 45.3 Å². The van der Waals surface area contributed by atoms with E-state index in [1.54, 1.807) is 6.07 Å². The third kappa shape index (κ3) is 4.54. The van der Waals surface area contributed by atoms with Gasteiger partial charge in [-0.3, -0.25) is 0 Å². The smallest absolute Gasteiger partial charge is 0.240 e. The lowest BCUT2D eigenvalue weighted by Gasteiger charge is -2.17. The predicted molar refractivity (Wildman–Crippen MR) is 89.8 cm³/mol. The topological polar surface area (TPSA) is 50.6 Å². The molecular weight excluding hydrogens is 296 g/mol. The van der Waals surface area contributed by atoms with Gasteiger partial charge in [0.1, 0.15) is 0 Å². The SMILES string of the molecule is CC[NH+](CC)CCCNS(=O)(=O)c1ccc2c(c1)CCCC2. The van der Waals surface area contributed by atoms with E-state index in [-0.39, 0.29) is 0 Å². The minimum absolute atomic E-state index is 0.420. The van der Waals surface area contributed by atoms with E-state index in [0.29, 0.717) is 11.4 Å². The van der Waals surface area contributed by atoms with Gasteiger partial charge in [0.15, 0.2) is 0 Å². The Kier molecular flexibility index (Phi) is 6.41. The summed E-state index contributed by atoms with van der Waals surface area (Å²) < 4.78 is 27.5. The molecule has 0 heterocycles. The van der Waals surface area contributed by atoms with Crippen molar-refractivity contribution in [2.24, 2.45) is 0 Å². The quantitative estimate of drug-likeness (QED) is 0.705. The Morgan fingerprint density at radius 2 is 1.77 bits per heavy atom. The lowest BCUT2D eigenvalue weighted by Crippen LogP contribution is -3.11. The molecular formula is C17H29N2O2S+. The number of fused-ring (bicyclic) bond motifs is 1. The van der Waals surface area contributed by atoms with Crippen molar-refractivity contribution >= 4 is 10.0 Å². The molecule has 1 aliphatic rings. The average molecular weight is 325 g/mol. The van der Waals surface area contributed by atoms with Crippen LogP contribution in [0.3, 0.4) is 0 Å². The normalized spacial score (nSPS) is 15.0. The Bertz CT molecular complexity index is 580. The summed E-state index contributed by atoms with van der Waals surface area (Å²) >= 11 is 0. The number of sulfonamides is 1. The van der Waals surface area contributed by atoms with Gasteiger partial charge in [-0.15, -0.1) is 0 Å². The third-order valence-corrected chi connectivity index (χ3v) is 6.09. The van der Waals surface area contributed by atoms with Crippen molar-refractivity contribution in [3.05, 3.63) is 29.3 Å². The first-order valence-electron chi connectivity index (χ1n) is 8.52. The van der Waals surface area contributed by atoms with Crippen LogP contribution in [0.2, 0.25) is 0 Å². The Labute approximate surface area is 135 Å². The van der Waals surface area contributed by atoms with Gasteiger partial charge < -0.3 is 4.90 Å². The summed E-state index contributed by atoms with van der Waals surface area (Å²) in [5.41, 5.74) is 2.53. The highest BCUT2D eigenvalue weighted by Crippen LogP contribution is 2.23. The molecule has 0 atom stereocenters. The molecule has 0 spiro atoms. The van der Waals surface area contributed by atoms with Crippen LogP contribution in [0.4, 0.5) is 0 Å². The summed E-state index contributed by atoms with van der Waals surface area (Å²) in [5.74, 6) is 0. The summed E-state index contributed by atoms with van der Waals surface area (Å²) in [6, 6.07) is 5.61. The molecule has 1 aromatic carbocycles. The van der Waals surface area contributed by atoms with Crippen LogP contribution in [0.15, 0.2) is 23.1 Å². The fraction of sp³-hybridized carbons (Fsp3) is 0.647. The average Bonchev–Trinajstić information content (AvgIpc) is 2.54. The van der Waals surface area contributed by atoms with Gasteiger partial charge in [-0.25, -0.2) is 13.1 Å². The van der Waals surface area contributed by atoms with E-state index in [1.165, 1.54) is 22.4 Å². The molecule has 0 unspecified atom stereocenters. The van der Waals surface area contributed by atoms with Crippen molar-refractivity contribution in [2.45, 2.75) is 50.8 Å². The van der Waals surface area contributed by atoms with Crippen molar-refractivity contribution in [1.82, 2.24) is 4.72 Å². The maximum absolute atomic E-state index is 12.4. The van der Waals surface area contributed by atoms with Crippen molar-refractivity contribution in [1.29, 1.82) is 0 Å². The van der Waals surface area contributed by atoms with Crippen LogP contribution >= 0.6 is 0 Å². The van der Waals surface area contributed by atoms with E-state index >= 15 is 0 Å². The van der Waals surface area contributed by atoms with Crippen molar-refractivity contribution < 1.29 is 13.3 Å². The fourth-order valence-corrected chi connectivity index (χ4v) is 4.23. The summed E-state index contributed by atoms with van der Waals surface area (Å²) in [4.78, 5) is 1.93. The molecule has 1 aromatic rings. The number of hydrogen-bond acceptors (Lipinski definition) is 2. The summed E-state index contributed by atoms with van der Waals surface area (Å²) in [6.45, 7) is 8.04. The monoisotopic (exact) mass is 325 g/mol. The van der Waals surface area contributed by atoms with E-state index in [1.807, 2.05) is 12.1 Å². The zero-order chi connectivity index (χ0) is 16.0. The van der Waals surface area contributed by atoms with Crippen LogP contribution in [0.5, 0.6) is 0 Å². The van der Waals surface area contributed by atoms with Gasteiger partial charge in [0.2, 0.25) is 10.0 Å². The van der Waals surface area contributed by atoms with Gasteiger partial charge in [0, 0.05) is 13.0 Å². The minimum atomic E-state index is -3.36. The first kappa shape index (κ1) is 17.4. The molecule has 22 heavy (non-hydrogen) atoms. The number of aryl methyl sites for hydroxylation is 2. The number of benzene rings is 1. The molecule has 0 radical (unpaired) electrons. The molecule has 4 nitrogen and oxygen atoms in total. The fourth-order valence-electron chi connectivity index (χ4n) is 3.11. The standard InChI is InChI=1S/C17H28N2O2S/c1-3-19(4-2)13-7-12-18-22(20,21)17-11-10-15-8-5-6-9-16(15)14-17/h10-11,14,18H,3-9,12-13H2,1-2H3/p+1. The van der Waals surface area contributed by atoms with Crippen LogP contribution in [0, 0.1) is 0 Å². The molecule has 0 aliphatic heterocycles. The molecule has 0 saturated heterocycles. The molecule has 2 N–H and O–H groups in total. The molecule has 1 aliphatic carbocycles. The zero-order valence-electron chi connectivity index (χ0n) is 13.8. The second kappa shape index (κ2) is 8.09. The predicted octanol–water partition coefficient (Wildman–Crippen LogP) is 1.16. The molecule has 124 valence electrons. The number of hydrogen-bond donors (Lipinski definition) is 2. The molecule has 0 aromatic heterocycles. The highest BCUT2D eigenvalue weighted by Gasteiger charge is 2.17. The number of nitrogens with one attached hydrogen (secondary N) is 2. The highest BCUT2D eigenvalue weighted by molar-refractivity contribution is 7.89. The first-order chi connectivity index (χ1) is 10.6. The van der Waals surface area contributed by atoms with Crippen LogP contribution in [-0.4, -0.2) is 34.6 Å². The van der Waals surface area contributed by atoms with Crippen LogP contribution in [-0.2, 0) is 22.9 Å². The lowest BCUT2D eigenvalue weighted by molar-refractivity contribution is -0.896. The molecule has 0 fully saturated rings. The Morgan fingerprint density at radius 1 is 1.09 bits per heavy atom. The van der Waals surface area contributed by atoms with Gasteiger partial charge in [-0.1, -0.05) is 6.07 Å². The highest BCUT2D eigenvalue weighted by atomic mass is 32.2. The van der Waals surface area contributed by atoms with Crippen molar-refractivity contribution in [3.63, 3.8) is 0 Å². The van der Waals surface area contributed by atoms with Gasteiger partial charge in [-0.05, 0) is 62.8 Å². The second-order valence-corrected chi connectivity index (χ2v) is 7.86. The Morgan fingerprint density at radius 3 is 2.45 bits per heavy atom. The Balaban J connectivity index is 1.93. The van der Waals surface area contributed by atoms with Crippen LogP contribution in [0.25, 0.3) is 0 Å². The van der Waals surface area contributed by atoms with Gasteiger partial charge >= 0.3 is 0 Å². The number of rotatable bonds is 8. The van der Waals surface area contributed by atoms with Gasteiger partial charge in [0.25, 0.3) is 0 Å². The molecule has 5 heteroatoms. The zero-order valence-corrected chi connectivity index (χ0v) is 14.6. The molecule has 0 amide bonds. The Hall–Kier alpha value is -0.910. The van der Waals surface area contributed by atoms with E-state index in [4.69, 9.17) is 0 Å². The van der Waals surface area contributed by atoms with E-state index < -0.39 is 10.0 Å². The van der Waals surface area contributed by atoms with E-state index in [2.05, 4.69) is 18.6 Å². The van der Waals surface area contributed by atoms with Crippen LogP contribution < -0.4 is 9.62 Å². The summed E-state index contributed by atoms with van der Waals surface area (Å²) in [6.07, 6.45) is 5.34. The van der Waals surface area contributed by atoms with Crippen LogP contribution in [0.1, 0.15) is 44.2 Å². The third-order valence-electron chi connectivity index (χ3n) is 4.63. The number of quaternary nitrogens is 1. The summed E-state index contributed by atoms with van der Waals surface area (Å²) in [5, 5.41) is 0. The maximum atomic E-state index is 12.4. The lowest BCUT2D eigenvalue weighted by atomic mass is 9.92.